The van der Waals surface area contributed by atoms with Crippen LogP contribution in [0.1, 0.15) is 13.8 Å². The van der Waals surface area contributed by atoms with Crippen molar-refractivity contribution in [2.75, 3.05) is 0 Å². The fourth-order valence-electron chi connectivity index (χ4n) is 0. The van der Waals surface area contributed by atoms with Gasteiger partial charge in [0.15, 0.2) is 0 Å². The van der Waals surface area contributed by atoms with Crippen molar-refractivity contribution in [1.29, 1.82) is 0 Å². The molecule has 0 rings (SSSR count). The molecular weight excluding hydrogens is 302 g/mol. The molecule has 9 heavy (non-hydrogen) atoms. The summed E-state index contributed by atoms with van der Waals surface area (Å²) in [5.74, 6) is -2.17. The molecule has 0 radical (unpaired) electrons. The van der Waals surface area contributed by atoms with Crippen LogP contribution in [-0.2, 0) is 29.4 Å². The number of rotatable bonds is 0. The van der Waals surface area contributed by atoms with Crippen LogP contribution in [-0.4, -0.2) is 11.9 Å². The molecule has 5 heteroatoms. The van der Waals surface area contributed by atoms with E-state index in [0.29, 0.717) is 0 Å². The topological polar surface area (TPSA) is 80.3 Å². The largest absolute Gasteiger partial charge is 2.00 e. The van der Waals surface area contributed by atoms with Crippen molar-refractivity contribution in [3.63, 3.8) is 0 Å². The van der Waals surface area contributed by atoms with Gasteiger partial charge in [0.05, 0.1) is 0 Å². The Morgan fingerprint density at radius 2 is 1.00 bits per heavy atom. The molecule has 0 saturated carbocycles. The molecule has 0 aromatic carbocycles. The van der Waals surface area contributed by atoms with E-state index in [4.69, 9.17) is 19.8 Å². The second kappa shape index (κ2) is 10.5. The normalized spacial score (nSPS) is 5.56. The van der Waals surface area contributed by atoms with Gasteiger partial charge in [-0.2, -0.15) is 0 Å². The molecule has 0 aromatic rings. The third-order valence-electron chi connectivity index (χ3n) is 0. The van der Waals surface area contributed by atoms with Gasteiger partial charge in [-0.15, -0.1) is 0 Å². The molecule has 0 amide bonds. The van der Waals surface area contributed by atoms with Crippen molar-refractivity contribution < 1.29 is 39.6 Å². The van der Waals surface area contributed by atoms with Gasteiger partial charge in [-0.3, -0.25) is 0 Å². The fourth-order valence-corrected chi connectivity index (χ4v) is 0. The Kier molecular flexibility index (Phi) is 18.5. The van der Waals surface area contributed by atoms with Gasteiger partial charge in [-0.25, -0.2) is 0 Å². The number of hydrogen-bond acceptors (Lipinski definition) is 4. The van der Waals surface area contributed by atoms with Gasteiger partial charge in [0.1, 0.15) is 0 Å². The summed E-state index contributed by atoms with van der Waals surface area (Å²) >= 11 is 0. The maximum atomic E-state index is 8.89. The summed E-state index contributed by atoms with van der Waals surface area (Å²) in [6, 6.07) is 0. The summed E-state index contributed by atoms with van der Waals surface area (Å²) in [6.07, 6.45) is 0. The maximum Gasteiger partial charge on any atom is 2.00 e. The maximum absolute atomic E-state index is 8.89. The Morgan fingerprint density at radius 3 is 1.00 bits per heavy atom. The van der Waals surface area contributed by atoms with Gasteiger partial charge in [-0.1, -0.05) is 0 Å². The quantitative estimate of drug-likeness (QED) is 0.496. The first kappa shape index (κ1) is 15.8. The predicted molar refractivity (Wildman–Crippen MR) is 21.4 cm³/mol. The van der Waals surface area contributed by atoms with Crippen LogP contribution in [0.5, 0.6) is 0 Å². The minimum absolute atomic E-state index is 0. The molecule has 0 N–H and O–H groups in total. The van der Waals surface area contributed by atoms with Crippen LogP contribution < -0.4 is 10.2 Å². The van der Waals surface area contributed by atoms with Crippen LogP contribution in [0.2, 0.25) is 0 Å². The predicted octanol–water partition coefficient (Wildman–Crippen LogP) is -2.49. The van der Waals surface area contributed by atoms with Gasteiger partial charge in [0.2, 0.25) is 0 Å². The number of carboxylic acids is 2. The van der Waals surface area contributed by atoms with Gasteiger partial charge >= 0.3 is 19.8 Å². The van der Waals surface area contributed by atoms with E-state index in [1.54, 1.807) is 0 Å². The summed E-state index contributed by atoms with van der Waals surface area (Å²) in [4.78, 5) is 17.8. The van der Waals surface area contributed by atoms with Crippen molar-refractivity contribution >= 4 is 11.9 Å². The molecular formula is C4H6O4Os. The van der Waals surface area contributed by atoms with Gasteiger partial charge in [-0.05, 0) is 13.8 Å². The van der Waals surface area contributed by atoms with Crippen LogP contribution in [0.25, 0.3) is 0 Å². The molecule has 4 nitrogen and oxygen atoms in total. The molecule has 0 unspecified atom stereocenters. The van der Waals surface area contributed by atoms with E-state index in [1.165, 1.54) is 0 Å². The fraction of sp³-hybridized carbons (Fsp3) is 0.500. The zero-order valence-corrected chi connectivity index (χ0v) is 7.53. The standard InChI is InChI=1S/2C2H4O2.Os/c2*1-2(3)4;/h2*1H3,(H,3,4);/q;;+2/p-2. The summed E-state index contributed by atoms with van der Waals surface area (Å²) < 4.78 is 0. The molecule has 54 valence electrons. The zero-order valence-electron chi connectivity index (χ0n) is 4.99. The first-order chi connectivity index (χ1) is 3.46. The molecule has 0 heterocycles. The molecule has 0 atom stereocenters. The molecule has 0 saturated heterocycles. The van der Waals surface area contributed by atoms with E-state index in [-0.39, 0.29) is 19.8 Å². The number of hydrogen-bond donors (Lipinski definition) is 0. The Bertz CT molecular complexity index is 70.6. The number of aliphatic carboxylic acids is 2. The van der Waals surface area contributed by atoms with Gasteiger partial charge in [0.25, 0.3) is 0 Å². The first-order valence-electron chi connectivity index (χ1n) is 1.82. The molecule has 0 spiro atoms. The summed E-state index contributed by atoms with van der Waals surface area (Å²) in [5.41, 5.74) is 0. The second-order valence-corrected chi connectivity index (χ2v) is 0.983. The Morgan fingerprint density at radius 1 is 1.00 bits per heavy atom. The van der Waals surface area contributed by atoms with Crippen LogP contribution in [0.4, 0.5) is 0 Å². The smallest absolute Gasteiger partial charge is 0.550 e. The van der Waals surface area contributed by atoms with Gasteiger partial charge < -0.3 is 19.8 Å². The molecule has 0 aliphatic carbocycles. The zero-order chi connectivity index (χ0) is 7.15. The third-order valence-corrected chi connectivity index (χ3v) is 0. The SMILES string of the molecule is CC(=O)[O-].CC(=O)[O-].[Os+2]. The number of carbonyl (C=O) groups is 2. The first-order valence-corrected chi connectivity index (χ1v) is 1.82. The molecule has 0 aliphatic rings. The molecule has 0 aliphatic heterocycles. The van der Waals surface area contributed by atoms with Crippen LogP contribution >= 0.6 is 0 Å². The number of carbonyl (C=O) groups excluding carboxylic acids is 2. The van der Waals surface area contributed by atoms with E-state index >= 15 is 0 Å². The average Bonchev–Trinajstić information content (AvgIpc) is 1.25. The Hall–Kier alpha value is -0.424. The van der Waals surface area contributed by atoms with Crippen LogP contribution in [0.3, 0.4) is 0 Å². The summed E-state index contributed by atoms with van der Waals surface area (Å²) in [5, 5.41) is 17.8. The van der Waals surface area contributed by atoms with Crippen molar-refractivity contribution in [2.45, 2.75) is 13.8 Å². The minimum atomic E-state index is -1.08. The monoisotopic (exact) mass is 310 g/mol. The molecule has 0 bridgehead atoms. The van der Waals surface area contributed by atoms with Gasteiger partial charge in [0, 0.05) is 11.9 Å². The molecule has 0 fully saturated rings. The van der Waals surface area contributed by atoms with E-state index in [2.05, 4.69) is 0 Å². The van der Waals surface area contributed by atoms with Crippen LogP contribution in [0, 0.1) is 0 Å². The van der Waals surface area contributed by atoms with E-state index < -0.39 is 11.9 Å². The Labute approximate surface area is 65.9 Å². The van der Waals surface area contributed by atoms with E-state index in [1.807, 2.05) is 0 Å². The van der Waals surface area contributed by atoms with Crippen LogP contribution in [0.15, 0.2) is 0 Å². The van der Waals surface area contributed by atoms with Crippen molar-refractivity contribution in [1.82, 2.24) is 0 Å². The van der Waals surface area contributed by atoms with E-state index in [0.717, 1.165) is 13.8 Å². The summed E-state index contributed by atoms with van der Waals surface area (Å²) in [7, 11) is 0. The van der Waals surface area contributed by atoms with Crippen molar-refractivity contribution in [2.24, 2.45) is 0 Å². The van der Waals surface area contributed by atoms with E-state index in [9.17, 15) is 0 Å². The molecule has 0 aromatic heterocycles. The second-order valence-electron chi connectivity index (χ2n) is 0.983. The van der Waals surface area contributed by atoms with Crippen molar-refractivity contribution in [3.05, 3.63) is 0 Å². The Balaban J connectivity index is -0.0000000720. The third kappa shape index (κ3) is 1310. The summed E-state index contributed by atoms with van der Waals surface area (Å²) in [6.45, 7) is 1.94. The number of carboxylic acid groups (broad SMARTS) is 2. The van der Waals surface area contributed by atoms with Crippen molar-refractivity contribution in [3.8, 4) is 0 Å². The minimum Gasteiger partial charge on any atom is -0.550 e. The average molecular weight is 308 g/mol.